The summed E-state index contributed by atoms with van der Waals surface area (Å²) < 4.78 is 3.59. The molecule has 0 radical (unpaired) electrons. The molecule has 0 aliphatic rings. The summed E-state index contributed by atoms with van der Waals surface area (Å²) in [6.45, 7) is 0.389. The Morgan fingerprint density at radius 3 is 2.60 bits per heavy atom. The molecular formula is C16H20N8O. The maximum Gasteiger partial charge on any atom is 0.319 e. The fourth-order valence-corrected chi connectivity index (χ4v) is 2.40. The zero-order chi connectivity index (χ0) is 17.8. The van der Waals surface area contributed by atoms with Crippen LogP contribution in [-0.2, 0) is 13.6 Å². The molecule has 0 aliphatic heterocycles. The molecule has 0 spiro atoms. The van der Waals surface area contributed by atoms with Crippen LogP contribution in [0.1, 0.15) is 5.69 Å². The molecule has 0 saturated carbocycles. The SMILES string of the molecule is CN(C)c1ncc(CNC(=O)Nc2ccc(-n3cncn3)cc2)n1C. The van der Waals surface area contributed by atoms with E-state index in [1.165, 1.54) is 6.33 Å². The number of nitrogens with zero attached hydrogens (tertiary/aromatic N) is 6. The summed E-state index contributed by atoms with van der Waals surface area (Å²) in [5.74, 6) is 0.834. The molecule has 25 heavy (non-hydrogen) atoms. The quantitative estimate of drug-likeness (QED) is 0.732. The Bertz CT molecular complexity index is 836. The van der Waals surface area contributed by atoms with E-state index in [1.54, 1.807) is 17.2 Å². The lowest BCUT2D eigenvalue weighted by Crippen LogP contribution is -2.29. The summed E-state index contributed by atoms with van der Waals surface area (Å²) in [5, 5.41) is 9.68. The average molecular weight is 340 g/mol. The van der Waals surface area contributed by atoms with Crippen LogP contribution in [0.15, 0.2) is 43.1 Å². The second-order valence-corrected chi connectivity index (χ2v) is 5.70. The first kappa shape index (κ1) is 16.5. The Hall–Kier alpha value is -3.36. The number of amides is 2. The molecule has 1 aromatic carbocycles. The largest absolute Gasteiger partial charge is 0.348 e. The molecule has 2 heterocycles. The highest BCUT2D eigenvalue weighted by Gasteiger charge is 2.09. The number of benzene rings is 1. The van der Waals surface area contributed by atoms with Crippen molar-refractivity contribution in [3.63, 3.8) is 0 Å². The van der Waals surface area contributed by atoms with Gasteiger partial charge in [-0.05, 0) is 24.3 Å². The van der Waals surface area contributed by atoms with Crippen molar-refractivity contribution in [3.05, 3.63) is 48.8 Å². The van der Waals surface area contributed by atoms with E-state index in [0.717, 1.165) is 17.3 Å². The van der Waals surface area contributed by atoms with Gasteiger partial charge in [0, 0.05) is 26.8 Å². The van der Waals surface area contributed by atoms with E-state index in [4.69, 9.17) is 0 Å². The van der Waals surface area contributed by atoms with Gasteiger partial charge in [0.2, 0.25) is 5.95 Å². The van der Waals surface area contributed by atoms with E-state index in [-0.39, 0.29) is 6.03 Å². The molecule has 9 nitrogen and oxygen atoms in total. The van der Waals surface area contributed by atoms with Crippen molar-refractivity contribution in [1.82, 2.24) is 29.6 Å². The standard InChI is InChI=1S/C16H20N8O/c1-22(2)16-19-9-14(23(16)3)8-18-15(25)21-12-4-6-13(7-5-12)24-11-17-10-20-24/h4-7,9-11H,8H2,1-3H3,(H2,18,21,25). The second-order valence-electron chi connectivity index (χ2n) is 5.70. The summed E-state index contributed by atoms with van der Waals surface area (Å²) in [6.07, 6.45) is 4.84. The zero-order valence-electron chi connectivity index (χ0n) is 14.3. The van der Waals surface area contributed by atoms with Crippen molar-refractivity contribution in [2.75, 3.05) is 24.3 Å². The number of imidazole rings is 1. The molecule has 0 atom stereocenters. The van der Waals surface area contributed by atoms with Gasteiger partial charge < -0.3 is 20.1 Å². The molecule has 0 fully saturated rings. The Morgan fingerprint density at radius 1 is 1.24 bits per heavy atom. The van der Waals surface area contributed by atoms with Crippen molar-refractivity contribution >= 4 is 17.7 Å². The van der Waals surface area contributed by atoms with Gasteiger partial charge in [-0.3, -0.25) is 0 Å². The third-order valence-electron chi connectivity index (χ3n) is 3.70. The van der Waals surface area contributed by atoms with Crippen LogP contribution < -0.4 is 15.5 Å². The highest BCUT2D eigenvalue weighted by atomic mass is 16.2. The van der Waals surface area contributed by atoms with Crippen molar-refractivity contribution in [2.45, 2.75) is 6.54 Å². The van der Waals surface area contributed by atoms with Gasteiger partial charge in [0.05, 0.1) is 24.1 Å². The minimum atomic E-state index is -0.277. The second kappa shape index (κ2) is 7.04. The minimum Gasteiger partial charge on any atom is -0.348 e. The van der Waals surface area contributed by atoms with Crippen molar-refractivity contribution < 1.29 is 4.79 Å². The van der Waals surface area contributed by atoms with Gasteiger partial charge in [0.1, 0.15) is 12.7 Å². The number of urea groups is 1. The lowest BCUT2D eigenvalue weighted by molar-refractivity contribution is 0.251. The van der Waals surface area contributed by atoms with E-state index < -0.39 is 0 Å². The summed E-state index contributed by atoms with van der Waals surface area (Å²) in [5.41, 5.74) is 2.48. The van der Waals surface area contributed by atoms with Gasteiger partial charge in [-0.1, -0.05) is 0 Å². The first-order valence-corrected chi connectivity index (χ1v) is 7.72. The first-order chi connectivity index (χ1) is 12.0. The molecule has 2 N–H and O–H groups in total. The molecule has 0 saturated heterocycles. The normalized spacial score (nSPS) is 10.5. The average Bonchev–Trinajstić information content (AvgIpc) is 3.23. The third-order valence-corrected chi connectivity index (χ3v) is 3.70. The van der Waals surface area contributed by atoms with Gasteiger partial charge in [-0.15, -0.1) is 0 Å². The number of hydrogen-bond donors (Lipinski definition) is 2. The summed E-state index contributed by atoms with van der Waals surface area (Å²) in [6, 6.07) is 7.06. The molecular weight excluding hydrogens is 320 g/mol. The van der Waals surface area contributed by atoms with Crippen LogP contribution in [0, 0.1) is 0 Å². The fraction of sp³-hybridized carbons (Fsp3) is 0.250. The number of aromatic nitrogens is 5. The number of rotatable bonds is 5. The number of nitrogens with one attached hydrogen (secondary N) is 2. The zero-order valence-corrected chi connectivity index (χ0v) is 14.3. The molecule has 0 aliphatic carbocycles. The van der Waals surface area contributed by atoms with E-state index in [9.17, 15) is 4.79 Å². The maximum atomic E-state index is 12.1. The molecule has 130 valence electrons. The number of anilines is 2. The van der Waals surface area contributed by atoms with Crippen molar-refractivity contribution in [2.24, 2.45) is 7.05 Å². The van der Waals surface area contributed by atoms with Crippen LogP contribution in [0.2, 0.25) is 0 Å². The van der Waals surface area contributed by atoms with Gasteiger partial charge in [-0.2, -0.15) is 5.10 Å². The van der Waals surface area contributed by atoms with Crippen LogP contribution >= 0.6 is 0 Å². The van der Waals surface area contributed by atoms with Crippen molar-refractivity contribution in [3.8, 4) is 5.69 Å². The van der Waals surface area contributed by atoms with Crippen LogP contribution in [0.4, 0.5) is 16.4 Å². The van der Waals surface area contributed by atoms with E-state index in [2.05, 4.69) is 25.7 Å². The van der Waals surface area contributed by atoms with Crippen LogP contribution in [0.25, 0.3) is 5.69 Å². The van der Waals surface area contributed by atoms with E-state index >= 15 is 0 Å². The molecule has 9 heteroatoms. The Balaban J connectivity index is 1.56. The fourth-order valence-electron chi connectivity index (χ4n) is 2.40. The number of hydrogen-bond acceptors (Lipinski definition) is 5. The monoisotopic (exact) mass is 340 g/mol. The van der Waals surface area contributed by atoms with Gasteiger partial charge in [-0.25, -0.2) is 19.4 Å². The summed E-state index contributed by atoms with van der Waals surface area (Å²) >= 11 is 0. The predicted octanol–water partition coefficient (Wildman–Crippen LogP) is 1.39. The smallest absolute Gasteiger partial charge is 0.319 e. The number of carbonyl (C=O) groups excluding carboxylic acids is 1. The molecule has 0 bridgehead atoms. The first-order valence-electron chi connectivity index (χ1n) is 7.72. The molecule has 3 aromatic rings. The third kappa shape index (κ3) is 3.77. The van der Waals surface area contributed by atoms with Crippen LogP contribution in [-0.4, -0.2) is 44.4 Å². The van der Waals surface area contributed by atoms with Gasteiger partial charge >= 0.3 is 6.03 Å². The topological polar surface area (TPSA) is 92.9 Å². The molecule has 3 rings (SSSR count). The molecule has 0 unspecified atom stereocenters. The van der Waals surface area contributed by atoms with E-state index in [1.807, 2.05) is 54.9 Å². The molecule has 2 amide bonds. The van der Waals surface area contributed by atoms with Crippen molar-refractivity contribution in [1.29, 1.82) is 0 Å². The highest BCUT2D eigenvalue weighted by Crippen LogP contribution is 2.13. The Labute approximate surface area is 145 Å². The Morgan fingerprint density at radius 2 is 2.00 bits per heavy atom. The lowest BCUT2D eigenvalue weighted by atomic mass is 10.3. The summed E-state index contributed by atoms with van der Waals surface area (Å²) in [7, 11) is 5.77. The molecule has 2 aromatic heterocycles. The van der Waals surface area contributed by atoms with Crippen LogP contribution in [0.5, 0.6) is 0 Å². The van der Waals surface area contributed by atoms with Crippen LogP contribution in [0.3, 0.4) is 0 Å². The van der Waals surface area contributed by atoms with E-state index in [0.29, 0.717) is 12.2 Å². The van der Waals surface area contributed by atoms with Gasteiger partial charge in [0.15, 0.2) is 0 Å². The summed E-state index contributed by atoms with van der Waals surface area (Å²) in [4.78, 5) is 22.2. The minimum absolute atomic E-state index is 0.277. The predicted molar refractivity (Wildman–Crippen MR) is 94.8 cm³/mol. The maximum absolute atomic E-state index is 12.1. The van der Waals surface area contributed by atoms with Gasteiger partial charge in [0.25, 0.3) is 0 Å². The number of carbonyl (C=O) groups is 1. The Kier molecular flexibility index (Phi) is 4.64. The highest BCUT2D eigenvalue weighted by molar-refractivity contribution is 5.89. The lowest BCUT2D eigenvalue weighted by Gasteiger charge is -2.13.